The van der Waals surface area contributed by atoms with Gasteiger partial charge < -0.3 is 14.6 Å². The summed E-state index contributed by atoms with van der Waals surface area (Å²) < 4.78 is 10.7. The fraction of sp³-hybridized carbons (Fsp3) is 0.500. The summed E-state index contributed by atoms with van der Waals surface area (Å²) in [5.41, 5.74) is 3.06. The molecule has 0 saturated carbocycles. The van der Waals surface area contributed by atoms with Crippen LogP contribution in [0, 0.1) is 13.8 Å². The number of methoxy groups -OCH3 is 2. The molecule has 0 aliphatic carbocycles. The van der Waals surface area contributed by atoms with Crippen molar-refractivity contribution >= 4 is 5.97 Å². The molecule has 1 aromatic carbocycles. The number of hydrogen-bond donors (Lipinski definition) is 1. The molecule has 0 aromatic heterocycles. The summed E-state index contributed by atoms with van der Waals surface area (Å²) in [6.07, 6.45) is 1.44. The molecule has 0 radical (unpaired) electrons. The van der Waals surface area contributed by atoms with Crippen molar-refractivity contribution in [2.75, 3.05) is 14.2 Å². The van der Waals surface area contributed by atoms with E-state index in [1.165, 1.54) is 0 Å². The van der Waals surface area contributed by atoms with Gasteiger partial charge in [-0.2, -0.15) is 0 Å². The minimum absolute atomic E-state index is 0.166. The summed E-state index contributed by atoms with van der Waals surface area (Å²) in [5.74, 6) is 0.878. The fourth-order valence-corrected chi connectivity index (χ4v) is 2.14. The minimum Gasteiger partial charge on any atom is -0.496 e. The molecule has 0 aliphatic rings. The van der Waals surface area contributed by atoms with Crippen LogP contribution in [0.15, 0.2) is 6.07 Å². The minimum atomic E-state index is -0.772. The predicted molar refractivity (Wildman–Crippen MR) is 69.6 cm³/mol. The number of hydrogen-bond acceptors (Lipinski definition) is 3. The summed E-state index contributed by atoms with van der Waals surface area (Å²) in [6, 6.07) is 1.94. The first-order valence-corrected chi connectivity index (χ1v) is 5.94. The van der Waals surface area contributed by atoms with Gasteiger partial charge in [0.15, 0.2) is 0 Å². The molecule has 0 spiro atoms. The van der Waals surface area contributed by atoms with Crippen LogP contribution < -0.4 is 9.47 Å². The second-order valence-corrected chi connectivity index (χ2v) is 4.28. The molecule has 0 bridgehead atoms. The zero-order valence-electron chi connectivity index (χ0n) is 11.4. The molecule has 0 fully saturated rings. The van der Waals surface area contributed by atoms with Crippen LogP contribution >= 0.6 is 0 Å². The number of carboxylic acids is 1. The normalized spacial score (nSPS) is 10.2. The molecule has 0 saturated heterocycles. The standard InChI is InChI=1S/C14H20O4/c1-9-8-12(17-3)10(2)11(14(9)18-4)6-5-7-13(15)16/h8H,5-7H2,1-4H3,(H,15,16). The molecule has 0 aliphatic heterocycles. The molecule has 1 rings (SSSR count). The fourth-order valence-electron chi connectivity index (χ4n) is 2.14. The Morgan fingerprint density at radius 1 is 1.28 bits per heavy atom. The lowest BCUT2D eigenvalue weighted by molar-refractivity contribution is -0.137. The quantitative estimate of drug-likeness (QED) is 0.845. The van der Waals surface area contributed by atoms with Gasteiger partial charge in [0, 0.05) is 12.0 Å². The van der Waals surface area contributed by atoms with E-state index < -0.39 is 5.97 Å². The Labute approximate surface area is 108 Å². The van der Waals surface area contributed by atoms with Crippen LogP contribution in [0.5, 0.6) is 11.5 Å². The van der Waals surface area contributed by atoms with E-state index in [9.17, 15) is 4.79 Å². The summed E-state index contributed by atoms with van der Waals surface area (Å²) in [7, 11) is 3.27. The second-order valence-electron chi connectivity index (χ2n) is 4.28. The van der Waals surface area contributed by atoms with E-state index in [0.717, 1.165) is 28.2 Å². The van der Waals surface area contributed by atoms with Crippen LogP contribution in [0.3, 0.4) is 0 Å². The maximum atomic E-state index is 10.6. The molecule has 18 heavy (non-hydrogen) atoms. The van der Waals surface area contributed by atoms with Crippen LogP contribution in [-0.4, -0.2) is 25.3 Å². The van der Waals surface area contributed by atoms with Crippen LogP contribution in [-0.2, 0) is 11.2 Å². The van der Waals surface area contributed by atoms with Gasteiger partial charge >= 0.3 is 5.97 Å². The van der Waals surface area contributed by atoms with Gasteiger partial charge in [0.05, 0.1) is 14.2 Å². The van der Waals surface area contributed by atoms with Gasteiger partial charge in [-0.3, -0.25) is 4.79 Å². The number of aryl methyl sites for hydroxylation is 1. The highest BCUT2D eigenvalue weighted by molar-refractivity contribution is 5.66. The van der Waals surface area contributed by atoms with Crippen molar-refractivity contribution in [3.63, 3.8) is 0 Å². The molecule has 100 valence electrons. The summed E-state index contributed by atoms with van der Waals surface area (Å²) in [5, 5.41) is 8.69. The molecule has 1 N–H and O–H groups in total. The van der Waals surface area contributed by atoms with Gasteiger partial charge in [-0.25, -0.2) is 0 Å². The van der Waals surface area contributed by atoms with Crippen molar-refractivity contribution in [3.8, 4) is 11.5 Å². The van der Waals surface area contributed by atoms with Crippen molar-refractivity contribution in [2.45, 2.75) is 33.1 Å². The summed E-state index contributed by atoms with van der Waals surface area (Å²) >= 11 is 0. The maximum Gasteiger partial charge on any atom is 0.303 e. The highest BCUT2D eigenvalue weighted by Gasteiger charge is 2.14. The molecule has 0 heterocycles. The van der Waals surface area contributed by atoms with Gasteiger partial charge in [0.2, 0.25) is 0 Å². The highest BCUT2D eigenvalue weighted by Crippen LogP contribution is 2.34. The second kappa shape index (κ2) is 6.28. The number of benzene rings is 1. The van der Waals surface area contributed by atoms with Crippen molar-refractivity contribution in [3.05, 3.63) is 22.8 Å². The first kappa shape index (κ1) is 14.4. The van der Waals surface area contributed by atoms with E-state index >= 15 is 0 Å². The first-order chi connectivity index (χ1) is 8.51. The average molecular weight is 252 g/mol. The smallest absolute Gasteiger partial charge is 0.303 e. The van der Waals surface area contributed by atoms with Gasteiger partial charge in [-0.1, -0.05) is 0 Å². The van der Waals surface area contributed by atoms with E-state index in [4.69, 9.17) is 14.6 Å². The van der Waals surface area contributed by atoms with E-state index in [1.54, 1.807) is 14.2 Å². The van der Waals surface area contributed by atoms with Crippen molar-refractivity contribution in [1.82, 2.24) is 0 Å². The lowest BCUT2D eigenvalue weighted by Gasteiger charge is -2.17. The first-order valence-electron chi connectivity index (χ1n) is 5.94. The number of ether oxygens (including phenoxy) is 2. The Morgan fingerprint density at radius 2 is 1.94 bits per heavy atom. The molecule has 1 aromatic rings. The zero-order valence-corrected chi connectivity index (χ0v) is 11.4. The monoisotopic (exact) mass is 252 g/mol. The van der Waals surface area contributed by atoms with Crippen LogP contribution in [0.2, 0.25) is 0 Å². The molecule has 4 heteroatoms. The lowest BCUT2D eigenvalue weighted by Crippen LogP contribution is -2.03. The zero-order chi connectivity index (χ0) is 13.7. The van der Waals surface area contributed by atoms with Crippen molar-refractivity contribution < 1.29 is 19.4 Å². The largest absolute Gasteiger partial charge is 0.496 e. The summed E-state index contributed by atoms with van der Waals surface area (Å²) in [6.45, 7) is 3.93. The van der Waals surface area contributed by atoms with Crippen molar-refractivity contribution in [1.29, 1.82) is 0 Å². The molecule has 0 amide bonds. The number of carbonyl (C=O) groups is 1. The highest BCUT2D eigenvalue weighted by atomic mass is 16.5. The van der Waals surface area contributed by atoms with Gasteiger partial charge in [-0.05, 0) is 43.9 Å². The molecule has 0 unspecified atom stereocenters. The number of aliphatic carboxylic acids is 1. The topological polar surface area (TPSA) is 55.8 Å². The Balaban J connectivity index is 3.05. The SMILES string of the molecule is COc1cc(C)c(OC)c(CCCC(=O)O)c1C. The van der Waals surface area contributed by atoms with Crippen LogP contribution in [0.1, 0.15) is 29.5 Å². The molecule has 4 nitrogen and oxygen atoms in total. The number of carboxylic acid groups (broad SMARTS) is 1. The third-order valence-corrected chi connectivity index (χ3v) is 3.04. The Hall–Kier alpha value is -1.71. The molecular weight excluding hydrogens is 232 g/mol. The Kier molecular flexibility index (Phi) is 5.01. The third kappa shape index (κ3) is 3.15. The number of rotatable bonds is 6. The predicted octanol–water partition coefficient (Wildman–Crippen LogP) is 2.73. The average Bonchev–Trinajstić information content (AvgIpc) is 2.32. The maximum absolute atomic E-state index is 10.6. The van der Waals surface area contributed by atoms with Crippen LogP contribution in [0.4, 0.5) is 0 Å². The van der Waals surface area contributed by atoms with Crippen LogP contribution in [0.25, 0.3) is 0 Å². The van der Waals surface area contributed by atoms with Gasteiger partial charge in [0.25, 0.3) is 0 Å². The lowest BCUT2D eigenvalue weighted by atomic mass is 9.97. The Morgan fingerprint density at radius 3 is 2.44 bits per heavy atom. The molecular formula is C14H20O4. The van der Waals surface area contributed by atoms with E-state index in [1.807, 2.05) is 19.9 Å². The third-order valence-electron chi connectivity index (χ3n) is 3.04. The Bertz CT molecular complexity index is 438. The molecule has 0 atom stereocenters. The summed E-state index contributed by atoms with van der Waals surface area (Å²) in [4.78, 5) is 10.6. The van der Waals surface area contributed by atoms with Gasteiger partial charge in [0.1, 0.15) is 11.5 Å². The van der Waals surface area contributed by atoms with E-state index in [-0.39, 0.29) is 6.42 Å². The van der Waals surface area contributed by atoms with Crippen molar-refractivity contribution in [2.24, 2.45) is 0 Å². The van der Waals surface area contributed by atoms with E-state index in [2.05, 4.69) is 0 Å². The van der Waals surface area contributed by atoms with E-state index in [0.29, 0.717) is 12.8 Å². The van der Waals surface area contributed by atoms with Gasteiger partial charge in [-0.15, -0.1) is 0 Å².